The standard InChI is InChI=1S/C10H15ClN4O3S/c1-18-9-7-8(12-10(11)13-9)14-3-5-15(6-4-14)19(2,16)17/h7H,3-6H2,1-2H3. The van der Waals surface area contributed by atoms with Crippen LogP contribution in [0.1, 0.15) is 0 Å². The second-order valence-corrected chi connectivity index (χ2v) is 6.51. The number of nitrogens with zero attached hydrogens (tertiary/aromatic N) is 4. The Kier molecular flexibility index (Phi) is 4.12. The maximum absolute atomic E-state index is 11.4. The van der Waals surface area contributed by atoms with Gasteiger partial charge in [0.2, 0.25) is 21.2 Å². The third kappa shape index (κ3) is 3.46. The summed E-state index contributed by atoms with van der Waals surface area (Å²) >= 11 is 5.81. The second-order valence-electron chi connectivity index (χ2n) is 4.19. The van der Waals surface area contributed by atoms with Gasteiger partial charge in [-0.15, -0.1) is 0 Å². The maximum atomic E-state index is 11.4. The molecule has 0 spiro atoms. The van der Waals surface area contributed by atoms with Gasteiger partial charge >= 0.3 is 0 Å². The Morgan fingerprint density at radius 2 is 1.89 bits per heavy atom. The predicted molar refractivity (Wildman–Crippen MR) is 72.2 cm³/mol. The monoisotopic (exact) mass is 306 g/mol. The van der Waals surface area contributed by atoms with Crippen LogP contribution >= 0.6 is 11.6 Å². The Labute approximate surface area is 117 Å². The molecular weight excluding hydrogens is 292 g/mol. The molecule has 1 saturated heterocycles. The number of sulfonamides is 1. The topological polar surface area (TPSA) is 75.6 Å². The van der Waals surface area contributed by atoms with E-state index in [9.17, 15) is 8.42 Å². The van der Waals surface area contributed by atoms with Crippen molar-refractivity contribution in [2.75, 3.05) is 44.4 Å². The van der Waals surface area contributed by atoms with E-state index in [1.54, 1.807) is 6.07 Å². The van der Waals surface area contributed by atoms with Crippen LogP contribution in [-0.2, 0) is 10.0 Å². The Balaban J connectivity index is 2.11. The molecule has 2 rings (SSSR count). The van der Waals surface area contributed by atoms with Gasteiger partial charge in [0.25, 0.3) is 0 Å². The van der Waals surface area contributed by atoms with Crippen molar-refractivity contribution < 1.29 is 13.2 Å². The van der Waals surface area contributed by atoms with Gasteiger partial charge in [-0.25, -0.2) is 13.4 Å². The normalized spacial score (nSPS) is 17.5. The highest BCUT2D eigenvalue weighted by Gasteiger charge is 2.24. The molecule has 0 unspecified atom stereocenters. The molecule has 19 heavy (non-hydrogen) atoms. The molecule has 1 aliphatic rings. The van der Waals surface area contributed by atoms with Crippen molar-refractivity contribution in [3.63, 3.8) is 0 Å². The first-order valence-electron chi connectivity index (χ1n) is 5.69. The van der Waals surface area contributed by atoms with Crippen LogP contribution in [0.5, 0.6) is 5.88 Å². The molecule has 1 fully saturated rings. The summed E-state index contributed by atoms with van der Waals surface area (Å²) in [5.41, 5.74) is 0. The lowest BCUT2D eigenvalue weighted by molar-refractivity contribution is 0.383. The minimum Gasteiger partial charge on any atom is -0.481 e. The molecule has 0 bridgehead atoms. The Bertz CT molecular complexity index is 558. The number of ether oxygens (including phenoxy) is 1. The van der Waals surface area contributed by atoms with Crippen molar-refractivity contribution in [3.8, 4) is 5.88 Å². The summed E-state index contributed by atoms with van der Waals surface area (Å²) in [7, 11) is -1.63. The van der Waals surface area contributed by atoms with E-state index >= 15 is 0 Å². The molecule has 1 aromatic heterocycles. The van der Waals surface area contributed by atoms with Crippen LogP contribution in [0.25, 0.3) is 0 Å². The van der Waals surface area contributed by atoms with Gasteiger partial charge in [0.1, 0.15) is 5.82 Å². The molecule has 0 saturated carbocycles. The molecule has 1 aromatic rings. The zero-order valence-corrected chi connectivity index (χ0v) is 12.3. The Morgan fingerprint density at radius 3 is 2.42 bits per heavy atom. The molecule has 0 radical (unpaired) electrons. The summed E-state index contributed by atoms with van der Waals surface area (Å²) in [6, 6.07) is 1.68. The molecular formula is C10H15ClN4O3S. The number of hydrogen-bond donors (Lipinski definition) is 0. The van der Waals surface area contributed by atoms with Crippen LogP contribution in [0.2, 0.25) is 5.28 Å². The second kappa shape index (κ2) is 5.48. The van der Waals surface area contributed by atoms with Gasteiger partial charge in [-0.1, -0.05) is 0 Å². The summed E-state index contributed by atoms with van der Waals surface area (Å²) in [4.78, 5) is 9.98. The van der Waals surface area contributed by atoms with Crippen molar-refractivity contribution >= 4 is 27.4 Å². The van der Waals surface area contributed by atoms with Gasteiger partial charge in [0, 0.05) is 32.2 Å². The van der Waals surface area contributed by atoms with Crippen molar-refractivity contribution in [2.24, 2.45) is 0 Å². The fraction of sp³-hybridized carbons (Fsp3) is 0.600. The number of anilines is 1. The highest BCUT2D eigenvalue weighted by molar-refractivity contribution is 7.88. The lowest BCUT2D eigenvalue weighted by Gasteiger charge is -2.33. The quantitative estimate of drug-likeness (QED) is 0.744. The number of methoxy groups -OCH3 is 1. The summed E-state index contributed by atoms with van der Waals surface area (Å²) in [6.45, 7) is 1.98. The van der Waals surface area contributed by atoms with Gasteiger partial charge in [0.15, 0.2) is 0 Å². The smallest absolute Gasteiger partial charge is 0.227 e. The molecule has 106 valence electrons. The third-order valence-electron chi connectivity index (χ3n) is 2.90. The SMILES string of the molecule is COc1cc(N2CCN(S(C)(=O)=O)CC2)nc(Cl)n1. The molecule has 7 nitrogen and oxygen atoms in total. The number of piperazine rings is 1. The van der Waals surface area contributed by atoms with Crippen LogP contribution in [0.3, 0.4) is 0 Å². The summed E-state index contributed by atoms with van der Waals surface area (Å²) in [6.07, 6.45) is 1.22. The first-order valence-corrected chi connectivity index (χ1v) is 7.91. The fourth-order valence-electron chi connectivity index (χ4n) is 1.90. The summed E-state index contributed by atoms with van der Waals surface area (Å²) in [5.74, 6) is 1.03. The average molecular weight is 307 g/mol. The molecule has 0 aromatic carbocycles. The minimum absolute atomic E-state index is 0.111. The zero-order chi connectivity index (χ0) is 14.0. The fourth-order valence-corrected chi connectivity index (χ4v) is 2.90. The molecule has 9 heteroatoms. The minimum atomic E-state index is -3.13. The molecule has 2 heterocycles. The molecule has 0 atom stereocenters. The largest absolute Gasteiger partial charge is 0.481 e. The van der Waals surface area contributed by atoms with Crippen molar-refractivity contribution in [2.45, 2.75) is 0 Å². The zero-order valence-electron chi connectivity index (χ0n) is 10.7. The average Bonchev–Trinajstić information content (AvgIpc) is 2.37. The van der Waals surface area contributed by atoms with Crippen molar-refractivity contribution in [3.05, 3.63) is 11.3 Å². The summed E-state index contributed by atoms with van der Waals surface area (Å²) in [5, 5.41) is 0.111. The van der Waals surface area contributed by atoms with E-state index in [2.05, 4.69) is 9.97 Å². The summed E-state index contributed by atoms with van der Waals surface area (Å²) < 4.78 is 29.3. The van der Waals surface area contributed by atoms with Crippen molar-refractivity contribution in [1.29, 1.82) is 0 Å². The van der Waals surface area contributed by atoms with Crippen LogP contribution in [-0.4, -0.2) is 62.2 Å². The number of hydrogen-bond acceptors (Lipinski definition) is 6. The Morgan fingerprint density at radius 1 is 1.26 bits per heavy atom. The van der Waals surface area contributed by atoms with Gasteiger partial charge < -0.3 is 9.64 Å². The lowest BCUT2D eigenvalue weighted by atomic mass is 10.3. The van der Waals surface area contributed by atoms with Gasteiger partial charge in [0.05, 0.1) is 13.4 Å². The van der Waals surface area contributed by atoms with Crippen molar-refractivity contribution in [1.82, 2.24) is 14.3 Å². The molecule has 0 aliphatic carbocycles. The molecule has 1 aliphatic heterocycles. The maximum Gasteiger partial charge on any atom is 0.227 e. The van der Waals surface area contributed by atoms with Crippen LogP contribution in [0.15, 0.2) is 6.07 Å². The third-order valence-corrected chi connectivity index (χ3v) is 4.37. The van der Waals surface area contributed by atoms with Gasteiger partial charge in [-0.2, -0.15) is 9.29 Å². The van der Waals surface area contributed by atoms with E-state index in [1.165, 1.54) is 17.7 Å². The molecule has 0 N–H and O–H groups in total. The number of rotatable bonds is 3. The van der Waals surface area contributed by atoms with Gasteiger partial charge in [-0.3, -0.25) is 0 Å². The van der Waals surface area contributed by atoms with E-state index < -0.39 is 10.0 Å². The van der Waals surface area contributed by atoms with Crippen LogP contribution in [0, 0.1) is 0 Å². The lowest BCUT2D eigenvalue weighted by Crippen LogP contribution is -2.48. The van der Waals surface area contributed by atoms with E-state index in [4.69, 9.17) is 16.3 Å². The number of halogens is 1. The van der Waals surface area contributed by atoms with Crippen LogP contribution < -0.4 is 9.64 Å². The predicted octanol–water partition coefficient (Wildman–Crippen LogP) is 0.220. The molecule has 0 amide bonds. The van der Waals surface area contributed by atoms with E-state index in [0.29, 0.717) is 37.9 Å². The van der Waals surface area contributed by atoms with Gasteiger partial charge in [-0.05, 0) is 11.6 Å². The van der Waals surface area contributed by atoms with E-state index in [-0.39, 0.29) is 5.28 Å². The first kappa shape index (κ1) is 14.3. The highest BCUT2D eigenvalue weighted by Crippen LogP contribution is 2.21. The van der Waals surface area contributed by atoms with E-state index in [0.717, 1.165) is 0 Å². The van der Waals surface area contributed by atoms with E-state index in [1.807, 2.05) is 4.90 Å². The first-order chi connectivity index (χ1) is 8.90. The highest BCUT2D eigenvalue weighted by atomic mass is 35.5. The number of aromatic nitrogens is 2. The Hall–Kier alpha value is -1.12. The van der Waals surface area contributed by atoms with Crippen LogP contribution in [0.4, 0.5) is 5.82 Å².